The number of benzene rings is 2. The van der Waals surface area contributed by atoms with Crippen molar-refractivity contribution in [2.45, 2.75) is 13.1 Å². The second kappa shape index (κ2) is 3.77. The van der Waals surface area contributed by atoms with Crippen molar-refractivity contribution >= 4 is 11.4 Å². The van der Waals surface area contributed by atoms with E-state index in [0.717, 1.165) is 30.0 Å². The van der Waals surface area contributed by atoms with Gasteiger partial charge in [0.1, 0.15) is 5.82 Å². The molecule has 0 aromatic heterocycles. The molecule has 0 amide bonds. The highest BCUT2D eigenvalue weighted by molar-refractivity contribution is 5.59. The minimum absolute atomic E-state index is 0.202. The van der Waals surface area contributed by atoms with E-state index in [-0.39, 0.29) is 5.82 Å². The van der Waals surface area contributed by atoms with Crippen LogP contribution in [0.4, 0.5) is 15.8 Å². The van der Waals surface area contributed by atoms with E-state index in [0.29, 0.717) is 0 Å². The topological polar surface area (TPSA) is 29.3 Å². The molecule has 2 aromatic carbocycles. The molecule has 2 N–H and O–H groups in total. The monoisotopic (exact) mass is 228 g/mol. The molecule has 0 saturated carbocycles. The third kappa shape index (κ3) is 1.73. The van der Waals surface area contributed by atoms with Crippen LogP contribution in [0.25, 0.3) is 0 Å². The number of halogens is 1. The third-order valence-corrected chi connectivity index (χ3v) is 3.19. The number of anilines is 2. The van der Waals surface area contributed by atoms with Crippen LogP contribution in [-0.4, -0.2) is 0 Å². The first kappa shape index (κ1) is 10.1. The lowest BCUT2D eigenvalue weighted by atomic mass is 10.1. The Bertz CT molecular complexity index is 566. The van der Waals surface area contributed by atoms with Crippen molar-refractivity contribution in [2.24, 2.45) is 0 Å². The lowest BCUT2D eigenvalue weighted by Crippen LogP contribution is -2.14. The molecule has 0 unspecified atom stereocenters. The molecule has 0 spiro atoms. The normalized spacial score (nSPS) is 13.8. The van der Waals surface area contributed by atoms with Crippen molar-refractivity contribution < 1.29 is 4.39 Å². The van der Waals surface area contributed by atoms with Crippen molar-refractivity contribution in [3.8, 4) is 0 Å². The maximum absolute atomic E-state index is 13.2. The molecule has 1 aliphatic heterocycles. The highest BCUT2D eigenvalue weighted by Crippen LogP contribution is 2.31. The van der Waals surface area contributed by atoms with Gasteiger partial charge < -0.3 is 10.6 Å². The Hall–Kier alpha value is -2.03. The summed E-state index contributed by atoms with van der Waals surface area (Å²) < 4.78 is 13.2. The summed E-state index contributed by atoms with van der Waals surface area (Å²) in [6.07, 6.45) is 0. The standard InChI is InChI=1S/C14H13FN2/c15-11-4-2-5-12(7-11)17-8-10-3-1-6-14(16)13(10)9-17/h1-7H,8-9,16H2. The Balaban J connectivity index is 1.94. The van der Waals surface area contributed by atoms with Crippen molar-refractivity contribution in [2.75, 3.05) is 10.6 Å². The summed E-state index contributed by atoms with van der Waals surface area (Å²) in [5, 5.41) is 0. The molecule has 0 bridgehead atoms. The zero-order valence-corrected chi connectivity index (χ0v) is 9.36. The van der Waals surface area contributed by atoms with E-state index in [1.54, 1.807) is 12.1 Å². The quantitative estimate of drug-likeness (QED) is 0.760. The largest absolute Gasteiger partial charge is 0.398 e. The first-order valence-electron chi connectivity index (χ1n) is 5.61. The zero-order valence-electron chi connectivity index (χ0n) is 9.36. The highest BCUT2D eigenvalue weighted by atomic mass is 19.1. The van der Waals surface area contributed by atoms with Gasteiger partial charge >= 0.3 is 0 Å². The minimum atomic E-state index is -0.202. The van der Waals surface area contributed by atoms with E-state index in [4.69, 9.17) is 5.73 Å². The summed E-state index contributed by atoms with van der Waals surface area (Å²) in [5.74, 6) is -0.202. The average Bonchev–Trinajstić information content (AvgIpc) is 2.74. The molecule has 0 atom stereocenters. The molecule has 1 aliphatic rings. The predicted octanol–water partition coefficient (Wildman–Crippen LogP) is 2.93. The maximum atomic E-state index is 13.2. The Kier molecular flexibility index (Phi) is 2.25. The maximum Gasteiger partial charge on any atom is 0.125 e. The third-order valence-electron chi connectivity index (χ3n) is 3.19. The average molecular weight is 228 g/mol. The van der Waals surface area contributed by atoms with Gasteiger partial charge in [-0.15, -0.1) is 0 Å². The molecule has 0 aliphatic carbocycles. The van der Waals surface area contributed by atoms with Gasteiger partial charge in [0, 0.05) is 24.5 Å². The number of nitrogens with zero attached hydrogens (tertiary/aromatic N) is 1. The predicted molar refractivity (Wildman–Crippen MR) is 67.1 cm³/mol. The van der Waals surface area contributed by atoms with Gasteiger partial charge in [0.05, 0.1) is 0 Å². The fourth-order valence-electron chi connectivity index (χ4n) is 2.30. The molecule has 17 heavy (non-hydrogen) atoms. The van der Waals surface area contributed by atoms with E-state index >= 15 is 0 Å². The SMILES string of the molecule is Nc1cccc2c1CN(c1cccc(F)c1)C2. The van der Waals surface area contributed by atoms with E-state index in [2.05, 4.69) is 11.0 Å². The first-order chi connectivity index (χ1) is 8.24. The van der Waals surface area contributed by atoms with Crippen molar-refractivity contribution in [3.05, 3.63) is 59.4 Å². The van der Waals surface area contributed by atoms with Crippen LogP contribution in [0.2, 0.25) is 0 Å². The molecule has 0 fully saturated rings. The Labute approximate surface area is 99.5 Å². The second-order valence-corrected chi connectivity index (χ2v) is 4.32. The minimum Gasteiger partial charge on any atom is -0.398 e. The lowest BCUT2D eigenvalue weighted by molar-refractivity contribution is 0.626. The smallest absolute Gasteiger partial charge is 0.125 e. The molecule has 3 rings (SSSR count). The van der Waals surface area contributed by atoms with Crippen molar-refractivity contribution in [3.63, 3.8) is 0 Å². The summed E-state index contributed by atoms with van der Waals surface area (Å²) in [7, 11) is 0. The van der Waals surface area contributed by atoms with Gasteiger partial charge in [-0.1, -0.05) is 18.2 Å². The Morgan fingerprint density at radius 3 is 2.65 bits per heavy atom. The molecule has 3 heteroatoms. The van der Waals surface area contributed by atoms with Crippen LogP contribution < -0.4 is 10.6 Å². The van der Waals surface area contributed by atoms with Crippen LogP contribution in [0.1, 0.15) is 11.1 Å². The van der Waals surface area contributed by atoms with Crippen LogP contribution in [-0.2, 0) is 13.1 Å². The van der Waals surface area contributed by atoms with Crippen LogP contribution in [0.5, 0.6) is 0 Å². The number of hydrogen-bond acceptors (Lipinski definition) is 2. The summed E-state index contributed by atoms with van der Waals surface area (Å²) in [6, 6.07) is 12.6. The van der Waals surface area contributed by atoms with E-state index in [1.165, 1.54) is 11.6 Å². The lowest BCUT2D eigenvalue weighted by Gasteiger charge is -2.17. The summed E-state index contributed by atoms with van der Waals surface area (Å²) in [4.78, 5) is 2.13. The van der Waals surface area contributed by atoms with Gasteiger partial charge in [-0.3, -0.25) is 0 Å². The van der Waals surface area contributed by atoms with E-state index in [9.17, 15) is 4.39 Å². The molecule has 2 nitrogen and oxygen atoms in total. The fourth-order valence-corrected chi connectivity index (χ4v) is 2.30. The number of hydrogen-bond donors (Lipinski definition) is 1. The van der Waals surface area contributed by atoms with Gasteiger partial charge in [-0.25, -0.2) is 4.39 Å². The molecule has 0 saturated heterocycles. The Morgan fingerprint density at radius 2 is 1.88 bits per heavy atom. The van der Waals surface area contributed by atoms with Gasteiger partial charge in [-0.05, 0) is 35.4 Å². The number of fused-ring (bicyclic) bond motifs is 1. The van der Waals surface area contributed by atoms with E-state index in [1.807, 2.05) is 18.2 Å². The molecule has 1 heterocycles. The summed E-state index contributed by atoms with van der Waals surface area (Å²) in [5.41, 5.74) is 10.1. The Morgan fingerprint density at radius 1 is 1.06 bits per heavy atom. The number of nitrogens with two attached hydrogens (primary N) is 1. The van der Waals surface area contributed by atoms with Gasteiger partial charge in [0.15, 0.2) is 0 Å². The van der Waals surface area contributed by atoms with Crippen LogP contribution in [0.15, 0.2) is 42.5 Å². The number of nitrogen functional groups attached to an aromatic ring is 1. The highest BCUT2D eigenvalue weighted by Gasteiger charge is 2.20. The van der Waals surface area contributed by atoms with Crippen LogP contribution >= 0.6 is 0 Å². The second-order valence-electron chi connectivity index (χ2n) is 4.32. The van der Waals surface area contributed by atoms with Crippen LogP contribution in [0.3, 0.4) is 0 Å². The molecular formula is C14H13FN2. The molecular weight excluding hydrogens is 215 g/mol. The molecule has 2 aromatic rings. The van der Waals surface area contributed by atoms with Gasteiger partial charge in [-0.2, -0.15) is 0 Å². The number of rotatable bonds is 1. The van der Waals surface area contributed by atoms with Gasteiger partial charge in [0.25, 0.3) is 0 Å². The van der Waals surface area contributed by atoms with Crippen LogP contribution in [0, 0.1) is 5.82 Å². The van der Waals surface area contributed by atoms with Gasteiger partial charge in [0.2, 0.25) is 0 Å². The summed E-state index contributed by atoms with van der Waals surface area (Å²) in [6.45, 7) is 1.55. The molecule has 0 radical (unpaired) electrons. The van der Waals surface area contributed by atoms with Crippen molar-refractivity contribution in [1.82, 2.24) is 0 Å². The zero-order chi connectivity index (χ0) is 11.8. The molecule has 86 valence electrons. The van der Waals surface area contributed by atoms with E-state index < -0.39 is 0 Å². The first-order valence-corrected chi connectivity index (χ1v) is 5.61. The fraction of sp³-hybridized carbons (Fsp3) is 0.143. The summed E-state index contributed by atoms with van der Waals surface area (Å²) >= 11 is 0. The van der Waals surface area contributed by atoms with Crippen molar-refractivity contribution in [1.29, 1.82) is 0 Å².